The standard InChI is InChI=1S/C10H23NS/c1-4-11(9-10(2)3)7-5-6-8-12/h10,12H,4-9H2,1-3H3. The van der Waals surface area contributed by atoms with Gasteiger partial charge in [0.05, 0.1) is 0 Å². The van der Waals surface area contributed by atoms with Crippen LogP contribution in [-0.2, 0) is 0 Å². The van der Waals surface area contributed by atoms with Gasteiger partial charge in [-0.3, -0.25) is 0 Å². The Balaban J connectivity index is 3.39. The smallest absolute Gasteiger partial charge is 0.000427 e. The highest BCUT2D eigenvalue weighted by molar-refractivity contribution is 7.80. The van der Waals surface area contributed by atoms with Gasteiger partial charge in [0.15, 0.2) is 0 Å². The first-order chi connectivity index (χ1) is 5.70. The van der Waals surface area contributed by atoms with E-state index < -0.39 is 0 Å². The van der Waals surface area contributed by atoms with E-state index in [1.54, 1.807) is 0 Å². The molecule has 0 heterocycles. The fourth-order valence-electron chi connectivity index (χ4n) is 1.34. The monoisotopic (exact) mass is 189 g/mol. The van der Waals surface area contributed by atoms with Crippen LogP contribution in [0.5, 0.6) is 0 Å². The molecule has 0 N–H and O–H groups in total. The number of unbranched alkanes of at least 4 members (excludes halogenated alkanes) is 1. The highest BCUT2D eigenvalue weighted by Crippen LogP contribution is 2.01. The molecule has 12 heavy (non-hydrogen) atoms. The third kappa shape index (κ3) is 6.99. The van der Waals surface area contributed by atoms with Crippen LogP contribution < -0.4 is 0 Å². The lowest BCUT2D eigenvalue weighted by Crippen LogP contribution is -2.28. The molecule has 0 radical (unpaired) electrons. The normalized spacial score (nSPS) is 11.5. The Kier molecular flexibility index (Phi) is 8.14. The summed E-state index contributed by atoms with van der Waals surface area (Å²) in [5.41, 5.74) is 0. The molecule has 1 nitrogen and oxygen atoms in total. The predicted molar refractivity (Wildman–Crippen MR) is 60.0 cm³/mol. The predicted octanol–water partition coefficient (Wildman–Crippen LogP) is 2.67. The molecule has 0 aromatic rings. The molecule has 0 aliphatic carbocycles. The van der Waals surface area contributed by atoms with E-state index in [4.69, 9.17) is 0 Å². The largest absolute Gasteiger partial charge is 0.303 e. The van der Waals surface area contributed by atoms with E-state index in [1.807, 2.05) is 0 Å². The van der Waals surface area contributed by atoms with Gasteiger partial charge in [-0.1, -0.05) is 20.8 Å². The van der Waals surface area contributed by atoms with Crippen molar-refractivity contribution in [1.82, 2.24) is 4.90 Å². The number of thiol groups is 1. The van der Waals surface area contributed by atoms with Crippen molar-refractivity contribution in [3.63, 3.8) is 0 Å². The van der Waals surface area contributed by atoms with Crippen molar-refractivity contribution in [1.29, 1.82) is 0 Å². The van der Waals surface area contributed by atoms with E-state index in [0.29, 0.717) is 0 Å². The maximum Gasteiger partial charge on any atom is 0.000427 e. The van der Waals surface area contributed by atoms with Gasteiger partial charge in [-0.05, 0) is 37.6 Å². The summed E-state index contributed by atoms with van der Waals surface area (Å²) in [6.07, 6.45) is 2.54. The molecule has 2 heteroatoms. The molecule has 0 aliphatic rings. The van der Waals surface area contributed by atoms with Gasteiger partial charge in [0, 0.05) is 6.54 Å². The van der Waals surface area contributed by atoms with Gasteiger partial charge in [-0.15, -0.1) is 0 Å². The first-order valence-corrected chi connectivity index (χ1v) is 5.67. The van der Waals surface area contributed by atoms with E-state index in [-0.39, 0.29) is 0 Å². The van der Waals surface area contributed by atoms with Crippen LogP contribution in [0.25, 0.3) is 0 Å². The van der Waals surface area contributed by atoms with Crippen LogP contribution in [0.3, 0.4) is 0 Å². The lowest BCUT2D eigenvalue weighted by molar-refractivity contribution is 0.253. The van der Waals surface area contributed by atoms with E-state index in [0.717, 1.165) is 11.7 Å². The Hall–Kier alpha value is 0.310. The zero-order valence-corrected chi connectivity index (χ0v) is 9.61. The summed E-state index contributed by atoms with van der Waals surface area (Å²) in [5, 5.41) is 0. The Bertz CT molecular complexity index is 93.8. The van der Waals surface area contributed by atoms with Crippen molar-refractivity contribution in [3.8, 4) is 0 Å². The number of hydrogen-bond donors (Lipinski definition) is 1. The zero-order valence-electron chi connectivity index (χ0n) is 8.71. The first kappa shape index (κ1) is 12.3. The van der Waals surface area contributed by atoms with Crippen molar-refractivity contribution in [2.24, 2.45) is 5.92 Å². The topological polar surface area (TPSA) is 3.24 Å². The minimum Gasteiger partial charge on any atom is -0.303 e. The third-order valence-corrected chi connectivity index (χ3v) is 2.27. The molecule has 0 unspecified atom stereocenters. The van der Waals surface area contributed by atoms with Gasteiger partial charge in [0.25, 0.3) is 0 Å². The van der Waals surface area contributed by atoms with Gasteiger partial charge in [0.1, 0.15) is 0 Å². The molecule has 0 aromatic heterocycles. The molecule has 0 aromatic carbocycles. The molecular formula is C10H23NS. The van der Waals surface area contributed by atoms with Crippen LogP contribution in [-0.4, -0.2) is 30.3 Å². The second kappa shape index (κ2) is 7.93. The van der Waals surface area contributed by atoms with Gasteiger partial charge in [0.2, 0.25) is 0 Å². The first-order valence-electron chi connectivity index (χ1n) is 5.03. The van der Waals surface area contributed by atoms with Crippen molar-refractivity contribution < 1.29 is 0 Å². The summed E-state index contributed by atoms with van der Waals surface area (Å²) in [7, 11) is 0. The van der Waals surface area contributed by atoms with E-state index in [1.165, 1.54) is 32.5 Å². The molecule has 0 saturated carbocycles. The van der Waals surface area contributed by atoms with Crippen molar-refractivity contribution in [2.75, 3.05) is 25.4 Å². The van der Waals surface area contributed by atoms with Gasteiger partial charge >= 0.3 is 0 Å². The average molecular weight is 189 g/mol. The van der Waals surface area contributed by atoms with Gasteiger partial charge in [-0.25, -0.2) is 0 Å². The molecule has 0 fully saturated rings. The minimum absolute atomic E-state index is 0.793. The molecule has 0 atom stereocenters. The lowest BCUT2D eigenvalue weighted by atomic mass is 10.2. The fourth-order valence-corrected chi connectivity index (χ4v) is 1.57. The summed E-state index contributed by atoms with van der Waals surface area (Å²) < 4.78 is 0. The van der Waals surface area contributed by atoms with Crippen LogP contribution in [0, 0.1) is 5.92 Å². The van der Waals surface area contributed by atoms with Gasteiger partial charge in [-0.2, -0.15) is 12.6 Å². The highest BCUT2D eigenvalue weighted by Gasteiger charge is 2.03. The van der Waals surface area contributed by atoms with E-state index in [9.17, 15) is 0 Å². The molecule has 74 valence electrons. The number of nitrogens with zero attached hydrogens (tertiary/aromatic N) is 1. The SMILES string of the molecule is CCN(CCCCS)CC(C)C. The van der Waals surface area contributed by atoms with Crippen molar-refractivity contribution in [2.45, 2.75) is 33.6 Å². The zero-order chi connectivity index (χ0) is 9.40. The number of hydrogen-bond acceptors (Lipinski definition) is 2. The Morgan fingerprint density at radius 3 is 2.33 bits per heavy atom. The molecule has 0 aliphatic heterocycles. The van der Waals surface area contributed by atoms with Crippen LogP contribution in [0.2, 0.25) is 0 Å². The van der Waals surface area contributed by atoms with Crippen molar-refractivity contribution >= 4 is 12.6 Å². The molecule has 0 saturated heterocycles. The molecule has 0 rings (SSSR count). The fraction of sp³-hybridized carbons (Fsp3) is 1.00. The van der Waals surface area contributed by atoms with Crippen LogP contribution >= 0.6 is 12.6 Å². The quantitative estimate of drug-likeness (QED) is 0.476. The second-order valence-corrected chi connectivity index (χ2v) is 4.17. The van der Waals surface area contributed by atoms with Crippen LogP contribution in [0.1, 0.15) is 33.6 Å². The maximum absolute atomic E-state index is 4.20. The molecule has 0 bridgehead atoms. The summed E-state index contributed by atoms with van der Waals surface area (Å²) in [6.45, 7) is 10.5. The van der Waals surface area contributed by atoms with Crippen LogP contribution in [0.4, 0.5) is 0 Å². The van der Waals surface area contributed by atoms with Crippen LogP contribution in [0.15, 0.2) is 0 Å². The maximum atomic E-state index is 4.20. The van der Waals surface area contributed by atoms with Gasteiger partial charge < -0.3 is 4.90 Å². The Labute approximate surface area is 82.9 Å². The second-order valence-electron chi connectivity index (χ2n) is 3.72. The Morgan fingerprint density at radius 2 is 1.92 bits per heavy atom. The Morgan fingerprint density at radius 1 is 1.25 bits per heavy atom. The summed E-state index contributed by atoms with van der Waals surface area (Å²) >= 11 is 4.20. The summed E-state index contributed by atoms with van der Waals surface area (Å²) in [4.78, 5) is 2.52. The average Bonchev–Trinajstić information content (AvgIpc) is 2.02. The van der Waals surface area contributed by atoms with Crippen molar-refractivity contribution in [3.05, 3.63) is 0 Å². The lowest BCUT2D eigenvalue weighted by Gasteiger charge is -2.22. The number of rotatable bonds is 7. The van der Waals surface area contributed by atoms with E-state index >= 15 is 0 Å². The van der Waals surface area contributed by atoms with E-state index in [2.05, 4.69) is 38.3 Å². The summed E-state index contributed by atoms with van der Waals surface area (Å²) in [5.74, 6) is 1.82. The molecule has 0 spiro atoms. The molecular weight excluding hydrogens is 166 g/mol. The molecule has 0 amide bonds. The third-order valence-electron chi connectivity index (χ3n) is 1.95. The minimum atomic E-state index is 0.793. The summed E-state index contributed by atoms with van der Waals surface area (Å²) in [6, 6.07) is 0. The highest BCUT2D eigenvalue weighted by atomic mass is 32.1.